The van der Waals surface area contributed by atoms with Crippen LogP contribution in [0.15, 0.2) is 62.0 Å². The van der Waals surface area contributed by atoms with E-state index in [0.29, 0.717) is 22.3 Å². The third-order valence-electron chi connectivity index (χ3n) is 5.64. The van der Waals surface area contributed by atoms with E-state index in [9.17, 15) is 19.2 Å². The van der Waals surface area contributed by atoms with Crippen molar-refractivity contribution in [2.45, 2.75) is 12.1 Å². The Morgan fingerprint density at radius 2 is 1.77 bits per heavy atom. The lowest BCUT2D eigenvalue weighted by atomic mass is 10.2. The molecular weight excluding hydrogens is 470 g/mol. The highest BCUT2D eigenvalue weighted by molar-refractivity contribution is 7.99. The van der Waals surface area contributed by atoms with Crippen molar-refractivity contribution in [3.8, 4) is 11.4 Å². The molecule has 10 nitrogen and oxygen atoms in total. The number of hydrogen-bond donors (Lipinski definition) is 1. The molecule has 4 aromatic rings. The Morgan fingerprint density at radius 1 is 1.06 bits per heavy atom. The number of ketones is 1. The van der Waals surface area contributed by atoms with Crippen LogP contribution in [0.25, 0.3) is 16.6 Å². The number of methoxy groups -OCH3 is 1. The maximum Gasteiger partial charge on any atom is 0.332 e. The molecule has 0 bridgehead atoms. The number of Topliss-reactive ketones (excluding diaryl/α,β-unsaturated/α-hetero) is 1. The van der Waals surface area contributed by atoms with Crippen molar-refractivity contribution in [3.63, 3.8) is 0 Å². The van der Waals surface area contributed by atoms with Gasteiger partial charge in [0.05, 0.1) is 29.5 Å². The molecule has 0 saturated carbocycles. The molecule has 2 N–H and O–H groups in total. The van der Waals surface area contributed by atoms with Crippen molar-refractivity contribution in [2.24, 2.45) is 14.1 Å². The fraction of sp³-hybridized carbons (Fsp3) is 0.208. The smallest absolute Gasteiger partial charge is 0.332 e. The largest absolute Gasteiger partial charge is 0.495 e. The zero-order valence-electron chi connectivity index (χ0n) is 19.6. The first-order chi connectivity index (χ1) is 16.6. The molecule has 2 aromatic carbocycles. The summed E-state index contributed by atoms with van der Waals surface area (Å²) in [6.07, 6.45) is 0. The lowest BCUT2D eigenvalue weighted by Crippen LogP contribution is -2.41. The van der Waals surface area contributed by atoms with Crippen LogP contribution in [-0.4, -0.2) is 37.3 Å². The average Bonchev–Trinajstić information content (AvgIpc) is 2.85. The number of aryl methyl sites for hydroxylation is 1. The van der Waals surface area contributed by atoms with Crippen LogP contribution in [-0.2, 0) is 14.1 Å². The van der Waals surface area contributed by atoms with Gasteiger partial charge >= 0.3 is 5.69 Å². The predicted molar refractivity (Wildman–Crippen MR) is 135 cm³/mol. The van der Waals surface area contributed by atoms with E-state index in [0.717, 1.165) is 26.5 Å². The number of fused-ring (bicyclic) bond motifs is 1. The molecule has 0 spiro atoms. The number of carbonyl (C=O) groups is 1. The van der Waals surface area contributed by atoms with Crippen LogP contribution in [0.2, 0.25) is 0 Å². The summed E-state index contributed by atoms with van der Waals surface area (Å²) < 4.78 is 8.75. The lowest BCUT2D eigenvalue weighted by molar-refractivity contribution is 0.102. The molecule has 0 saturated heterocycles. The van der Waals surface area contributed by atoms with Crippen molar-refractivity contribution >= 4 is 34.3 Å². The molecule has 0 aliphatic rings. The Labute approximate surface area is 203 Å². The Kier molecular flexibility index (Phi) is 6.35. The maximum atomic E-state index is 13.5. The summed E-state index contributed by atoms with van der Waals surface area (Å²) >= 11 is 0.988. The minimum Gasteiger partial charge on any atom is -0.495 e. The van der Waals surface area contributed by atoms with Gasteiger partial charge in [-0.3, -0.25) is 28.1 Å². The zero-order valence-corrected chi connectivity index (χ0v) is 20.4. The molecule has 11 heteroatoms. The maximum absolute atomic E-state index is 13.5. The highest BCUT2D eigenvalue weighted by Crippen LogP contribution is 2.28. The number of nitrogen functional groups attached to an aromatic ring is 1. The molecule has 4 rings (SSSR count). The summed E-state index contributed by atoms with van der Waals surface area (Å²) in [5.74, 6) is -0.586. The molecule has 2 heterocycles. The summed E-state index contributed by atoms with van der Waals surface area (Å²) in [6, 6.07) is 12.3. The Balaban J connectivity index is 1.86. The van der Waals surface area contributed by atoms with E-state index in [2.05, 4.69) is 4.98 Å². The predicted octanol–water partition coefficient (Wildman–Crippen LogP) is 1.66. The fourth-order valence-electron chi connectivity index (χ4n) is 3.72. The van der Waals surface area contributed by atoms with E-state index in [-0.39, 0.29) is 27.8 Å². The van der Waals surface area contributed by atoms with Crippen LogP contribution in [0, 0.1) is 6.92 Å². The van der Waals surface area contributed by atoms with Gasteiger partial charge < -0.3 is 10.5 Å². The van der Waals surface area contributed by atoms with Crippen molar-refractivity contribution in [1.29, 1.82) is 0 Å². The van der Waals surface area contributed by atoms with Gasteiger partial charge in [0.25, 0.3) is 11.1 Å². The quantitative estimate of drug-likeness (QED) is 0.244. The van der Waals surface area contributed by atoms with Crippen LogP contribution in [0.5, 0.6) is 5.75 Å². The number of nitrogens with zero attached hydrogens (tertiary/aromatic N) is 4. The van der Waals surface area contributed by atoms with Crippen LogP contribution < -0.4 is 27.3 Å². The van der Waals surface area contributed by atoms with E-state index in [1.807, 2.05) is 13.0 Å². The molecular formula is C24H23N5O5S. The number of hydrogen-bond acceptors (Lipinski definition) is 8. The number of para-hydroxylation sites is 1. The third-order valence-corrected chi connectivity index (χ3v) is 6.58. The second-order valence-electron chi connectivity index (χ2n) is 7.91. The summed E-state index contributed by atoms with van der Waals surface area (Å²) in [4.78, 5) is 55.9. The van der Waals surface area contributed by atoms with E-state index >= 15 is 0 Å². The number of carbonyl (C=O) groups excluding carboxylic acids is 1. The van der Waals surface area contributed by atoms with Gasteiger partial charge in [-0.25, -0.2) is 9.78 Å². The topological polar surface area (TPSA) is 131 Å². The summed E-state index contributed by atoms with van der Waals surface area (Å²) in [5.41, 5.74) is 5.74. The monoisotopic (exact) mass is 493 g/mol. The standard InChI is InChI=1S/C24H23N5O5S/c1-13-9-10-18(34-4)16(11-13)29-21(31)14-7-5-6-8-15(14)26-23(29)35-12-17(30)19-20(25)27(2)24(33)28(3)22(19)32/h5-11H,12,25H2,1-4H3. The van der Waals surface area contributed by atoms with Gasteiger partial charge in [0.15, 0.2) is 10.9 Å². The van der Waals surface area contributed by atoms with E-state index in [1.165, 1.54) is 25.8 Å². The Hall–Kier alpha value is -4.12. The number of benzene rings is 2. The number of ether oxygens (including phenoxy) is 1. The van der Waals surface area contributed by atoms with Crippen LogP contribution >= 0.6 is 11.8 Å². The number of anilines is 1. The Bertz CT molecular complexity index is 1670. The first kappa shape index (κ1) is 24.0. The van der Waals surface area contributed by atoms with E-state index in [4.69, 9.17) is 10.5 Å². The summed E-state index contributed by atoms with van der Waals surface area (Å²) in [7, 11) is 4.16. The molecule has 0 aliphatic carbocycles. The molecule has 0 amide bonds. The minimum absolute atomic E-state index is 0.215. The van der Waals surface area contributed by atoms with Crippen molar-refractivity contribution < 1.29 is 9.53 Å². The second-order valence-corrected chi connectivity index (χ2v) is 8.85. The molecule has 0 fully saturated rings. The zero-order chi connectivity index (χ0) is 25.4. The number of aromatic nitrogens is 4. The molecule has 35 heavy (non-hydrogen) atoms. The van der Waals surface area contributed by atoms with Crippen molar-refractivity contribution in [3.05, 3.63) is 84.8 Å². The lowest BCUT2D eigenvalue weighted by Gasteiger charge is -2.16. The van der Waals surface area contributed by atoms with Gasteiger partial charge in [-0.15, -0.1) is 0 Å². The normalized spacial score (nSPS) is 11.1. The van der Waals surface area contributed by atoms with Crippen molar-refractivity contribution in [2.75, 3.05) is 18.6 Å². The fourth-order valence-corrected chi connectivity index (χ4v) is 4.60. The number of nitrogens with two attached hydrogens (primary N) is 1. The molecule has 0 unspecified atom stereocenters. The van der Waals surface area contributed by atoms with Crippen LogP contribution in [0.4, 0.5) is 5.82 Å². The molecule has 2 aromatic heterocycles. The number of rotatable bonds is 6. The minimum atomic E-state index is -0.777. The second kappa shape index (κ2) is 9.26. The first-order valence-corrected chi connectivity index (χ1v) is 11.5. The number of thioether (sulfide) groups is 1. The highest BCUT2D eigenvalue weighted by atomic mass is 32.2. The third kappa shape index (κ3) is 4.14. The van der Waals surface area contributed by atoms with E-state index in [1.54, 1.807) is 36.4 Å². The van der Waals surface area contributed by atoms with Gasteiger partial charge in [-0.05, 0) is 36.8 Å². The van der Waals surface area contributed by atoms with Gasteiger partial charge in [0.1, 0.15) is 17.1 Å². The summed E-state index contributed by atoms with van der Waals surface area (Å²) in [5, 5.41) is 0.647. The Morgan fingerprint density at radius 3 is 2.49 bits per heavy atom. The van der Waals surface area contributed by atoms with Gasteiger partial charge in [-0.1, -0.05) is 30.0 Å². The summed E-state index contributed by atoms with van der Waals surface area (Å²) in [6.45, 7) is 1.89. The van der Waals surface area contributed by atoms with Gasteiger partial charge in [0.2, 0.25) is 0 Å². The van der Waals surface area contributed by atoms with Crippen LogP contribution in [0.1, 0.15) is 15.9 Å². The first-order valence-electron chi connectivity index (χ1n) is 10.5. The average molecular weight is 494 g/mol. The van der Waals surface area contributed by atoms with Gasteiger partial charge in [-0.2, -0.15) is 0 Å². The van der Waals surface area contributed by atoms with Crippen LogP contribution in [0.3, 0.4) is 0 Å². The molecule has 0 radical (unpaired) electrons. The van der Waals surface area contributed by atoms with E-state index < -0.39 is 17.0 Å². The van der Waals surface area contributed by atoms with Crippen molar-refractivity contribution in [1.82, 2.24) is 18.7 Å². The van der Waals surface area contributed by atoms with Gasteiger partial charge in [0, 0.05) is 14.1 Å². The molecule has 0 atom stereocenters. The molecule has 0 aliphatic heterocycles. The SMILES string of the molecule is COc1ccc(C)cc1-n1c(SCC(=O)c2c(N)n(C)c(=O)n(C)c2=O)nc2ccccc2c1=O. The molecule has 180 valence electrons. The highest BCUT2D eigenvalue weighted by Gasteiger charge is 2.22.